The molecular formula is C13H13NS. The van der Waals surface area contributed by atoms with Gasteiger partial charge in [-0.05, 0) is 36.4 Å². The molecule has 1 aromatic heterocycles. The zero-order chi connectivity index (χ0) is 10.1. The fourth-order valence-corrected chi connectivity index (χ4v) is 3.08. The highest BCUT2D eigenvalue weighted by molar-refractivity contribution is 7.10. The molecule has 2 heteroatoms. The van der Waals surface area contributed by atoms with Gasteiger partial charge in [0.25, 0.3) is 0 Å². The van der Waals surface area contributed by atoms with Crippen molar-refractivity contribution in [2.24, 2.45) is 0 Å². The molecule has 1 aliphatic heterocycles. The molecule has 0 N–H and O–H groups in total. The number of para-hydroxylation sites is 1. The van der Waals surface area contributed by atoms with Crippen LogP contribution in [-0.2, 0) is 6.42 Å². The second-order valence-corrected chi connectivity index (χ2v) is 4.82. The molecule has 1 aliphatic rings. The molecule has 0 unspecified atom stereocenters. The van der Waals surface area contributed by atoms with Crippen molar-refractivity contribution >= 4 is 22.7 Å². The molecule has 0 saturated heterocycles. The average molecular weight is 215 g/mol. The van der Waals surface area contributed by atoms with Gasteiger partial charge in [0.15, 0.2) is 0 Å². The van der Waals surface area contributed by atoms with Crippen molar-refractivity contribution in [1.29, 1.82) is 0 Å². The molecule has 0 saturated carbocycles. The summed E-state index contributed by atoms with van der Waals surface area (Å²) in [7, 11) is 0. The summed E-state index contributed by atoms with van der Waals surface area (Å²) in [6.07, 6.45) is 2.51. The second kappa shape index (κ2) is 3.70. The third kappa shape index (κ3) is 1.55. The molecule has 0 fully saturated rings. The molecule has 1 nitrogen and oxygen atoms in total. The van der Waals surface area contributed by atoms with Crippen molar-refractivity contribution in [2.75, 3.05) is 11.4 Å². The zero-order valence-corrected chi connectivity index (χ0v) is 9.33. The second-order valence-electron chi connectivity index (χ2n) is 3.82. The summed E-state index contributed by atoms with van der Waals surface area (Å²) in [6, 6.07) is 12.9. The van der Waals surface area contributed by atoms with Gasteiger partial charge >= 0.3 is 0 Å². The Hall–Kier alpha value is -1.28. The first kappa shape index (κ1) is 8.98. The van der Waals surface area contributed by atoms with Crippen molar-refractivity contribution in [2.45, 2.75) is 12.8 Å². The Morgan fingerprint density at radius 1 is 1.07 bits per heavy atom. The van der Waals surface area contributed by atoms with Gasteiger partial charge in [0.05, 0.1) is 5.69 Å². The fraction of sp³-hybridized carbons (Fsp3) is 0.231. The standard InChI is InChI=1S/C13H13NS/c1-2-5-11(6-3-1)14-9-4-7-13-12(14)8-10-15-13/h1-3,5-6,8,10H,4,7,9H2. The largest absolute Gasteiger partial charge is 0.341 e. The number of hydrogen-bond donors (Lipinski definition) is 0. The SMILES string of the molecule is c1ccc(N2CCCc3sccc32)cc1. The summed E-state index contributed by atoms with van der Waals surface area (Å²) in [5, 5.41) is 2.20. The van der Waals surface area contributed by atoms with Crippen LogP contribution in [0.1, 0.15) is 11.3 Å². The molecule has 2 heterocycles. The lowest BCUT2D eigenvalue weighted by atomic mass is 10.1. The van der Waals surface area contributed by atoms with E-state index in [2.05, 4.69) is 46.7 Å². The number of nitrogens with zero attached hydrogens (tertiary/aromatic N) is 1. The monoisotopic (exact) mass is 215 g/mol. The van der Waals surface area contributed by atoms with Crippen LogP contribution in [0.5, 0.6) is 0 Å². The molecule has 15 heavy (non-hydrogen) atoms. The topological polar surface area (TPSA) is 3.24 Å². The summed E-state index contributed by atoms with van der Waals surface area (Å²) in [5.41, 5.74) is 2.73. The van der Waals surface area contributed by atoms with Gasteiger partial charge in [-0.25, -0.2) is 0 Å². The van der Waals surface area contributed by atoms with Crippen LogP contribution in [0.4, 0.5) is 11.4 Å². The van der Waals surface area contributed by atoms with Gasteiger partial charge in [0, 0.05) is 17.1 Å². The van der Waals surface area contributed by atoms with Crippen LogP contribution in [0, 0.1) is 0 Å². The van der Waals surface area contributed by atoms with Gasteiger partial charge in [-0.3, -0.25) is 0 Å². The van der Waals surface area contributed by atoms with Crippen molar-refractivity contribution in [3.05, 3.63) is 46.7 Å². The van der Waals surface area contributed by atoms with Crippen LogP contribution >= 0.6 is 11.3 Å². The number of aryl methyl sites for hydroxylation is 1. The van der Waals surface area contributed by atoms with Gasteiger partial charge in [0.2, 0.25) is 0 Å². The number of rotatable bonds is 1. The minimum Gasteiger partial charge on any atom is -0.341 e. The lowest BCUT2D eigenvalue weighted by Gasteiger charge is -2.28. The summed E-state index contributed by atoms with van der Waals surface area (Å²) in [5.74, 6) is 0. The Balaban J connectivity index is 2.03. The van der Waals surface area contributed by atoms with Crippen LogP contribution < -0.4 is 4.90 Å². The minimum absolute atomic E-state index is 1.15. The van der Waals surface area contributed by atoms with Gasteiger partial charge in [-0.2, -0.15) is 0 Å². The quantitative estimate of drug-likeness (QED) is 0.698. The summed E-state index contributed by atoms with van der Waals surface area (Å²) in [6.45, 7) is 1.15. The lowest BCUT2D eigenvalue weighted by Crippen LogP contribution is -2.22. The predicted molar refractivity (Wildman–Crippen MR) is 66.1 cm³/mol. The normalized spacial score (nSPS) is 15.1. The number of hydrogen-bond acceptors (Lipinski definition) is 2. The molecule has 0 aliphatic carbocycles. The maximum absolute atomic E-state index is 2.43. The Morgan fingerprint density at radius 3 is 2.80 bits per heavy atom. The highest BCUT2D eigenvalue weighted by Gasteiger charge is 2.18. The molecule has 0 amide bonds. The van der Waals surface area contributed by atoms with Gasteiger partial charge in [-0.1, -0.05) is 18.2 Å². The third-order valence-electron chi connectivity index (χ3n) is 2.87. The Kier molecular flexibility index (Phi) is 2.22. The smallest absolute Gasteiger partial charge is 0.0552 e. The van der Waals surface area contributed by atoms with Crippen molar-refractivity contribution in [3.8, 4) is 0 Å². The van der Waals surface area contributed by atoms with Crippen molar-refractivity contribution < 1.29 is 0 Å². The van der Waals surface area contributed by atoms with E-state index in [4.69, 9.17) is 0 Å². The third-order valence-corrected chi connectivity index (χ3v) is 3.84. The number of anilines is 2. The van der Waals surface area contributed by atoms with E-state index in [0.29, 0.717) is 0 Å². The fourth-order valence-electron chi connectivity index (χ4n) is 2.16. The molecule has 2 aromatic rings. The van der Waals surface area contributed by atoms with Crippen LogP contribution in [-0.4, -0.2) is 6.54 Å². The summed E-state index contributed by atoms with van der Waals surface area (Å²) in [4.78, 5) is 3.96. The van der Waals surface area contributed by atoms with Crippen LogP contribution in [0.15, 0.2) is 41.8 Å². The van der Waals surface area contributed by atoms with Gasteiger partial charge in [-0.15, -0.1) is 11.3 Å². The minimum atomic E-state index is 1.15. The first-order chi connectivity index (χ1) is 7.45. The number of thiophene rings is 1. The highest BCUT2D eigenvalue weighted by atomic mass is 32.1. The molecule has 0 spiro atoms. The maximum atomic E-state index is 2.43. The van der Waals surface area contributed by atoms with E-state index in [9.17, 15) is 0 Å². The Morgan fingerprint density at radius 2 is 1.93 bits per heavy atom. The number of benzene rings is 1. The van der Waals surface area contributed by atoms with Crippen LogP contribution in [0.2, 0.25) is 0 Å². The van der Waals surface area contributed by atoms with E-state index in [1.807, 2.05) is 11.3 Å². The first-order valence-corrected chi connectivity index (χ1v) is 6.22. The van der Waals surface area contributed by atoms with E-state index in [-0.39, 0.29) is 0 Å². The molecule has 0 atom stereocenters. The van der Waals surface area contributed by atoms with E-state index in [0.717, 1.165) is 6.54 Å². The molecule has 0 bridgehead atoms. The summed E-state index contributed by atoms with van der Waals surface area (Å²) >= 11 is 1.88. The highest BCUT2D eigenvalue weighted by Crippen LogP contribution is 2.36. The number of fused-ring (bicyclic) bond motifs is 1. The summed E-state index contributed by atoms with van der Waals surface area (Å²) < 4.78 is 0. The van der Waals surface area contributed by atoms with E-state index in [1.54, 1.807) is 0 Å². The van der Waals surface area contributed by atoms with E-state index < -0.39 is 0 Å². The predicted octanol–water partition coefficient (Wildman–Crippen LogP) is 3.83. The molecular weight excluding hydrogens is 202 g/mol. The molecule has 1 aromatic carbocycles. The zero-order valence-electron chi connectivity index (χ0n) is 8.52. The maximum Gasteiger partial charge on any atom is 0.0552 e. The van der Waals surface area contributed by atoms with E-state index >= 15 is 0 Å². The molecule has 0 radical (unpaired) electrons. The lowest BCUT2D eigenvalue weighted by molar-refractivity contribution is 0.779. The Bertz CT molecular complexity index is 447. The Labute approximate surface area is 94.0 Å². The van der Waals surface area contributed by atoms with Crippen LogP contribution in [0.25, 0.3) is 0 Å². The first-order valence-electron chi connectivity index (χ1n) is 5.34. The van der Waals surface area contributed by atoms with E-state index in [1.165, 1.54) is 29.1 Å². The molecule has 3 rings (SSSR count). The van der Waals surface area contributed by atoms with Crippen molar-refractivity contribution in [1.82, 2.24) is 0 Å². The van der Waals surface area contributed by atoms with Gasteiger partial charge < -0.3 is 4.90 Å². The van der Waals surface area contributed by atoms with Crippen molar-refractivity contribution in [3.63, 3.8) is 0 Å². The van der Waals surface area contributed by atoms with Gasteiger partial charge in [0.1, 0.15) is 0 Å². The average Bonchev–Trinajstić information content (AvgIpc) is 2.78. The molecule has 76 valence electrons. The van der Waals surface area contributed by atoms with Crippen LogP contribution in [0.3, 0.4) is 0 Å².